The summed E-state index contributed by atoms with van der Waals surface area (Å²) in [5.41, 5.74) is 0.640. The topological polar surface area (TPSA) is 68.0 Å². The lowest BCUT2D eigenvalue weighted by Gasteiger charge is -2.53. The Morgan fingerprint density at radius 2 is 1.85 bits per heavy atom. The summed E-state index contributed by atoms with van der Waals surface area (Å²) >= 11 is 0. The fourth-order valence-electron chi connectivity index (χ4n) is 4.94. The Morgan fingerprint density at radius 3 is 2.45 bits per heavy atom. The van der Waals surface area contributed by atoms with E-state index in [1.165, 1.54) is 38.2 Å². The van der Waals surface area contributed by atoms with Crippen LogP contribution in [0.2, 0.25) is 0 Å². The molecule has 0 aliphatic heterocycles. The Morgan fingerprint density at radius 1 is 1.20 bits per heavy atom. The van der Waals surface area contributed by atoms with Gasteiger partial charge in [0.05, 0.1) is 12.2 Å². The number of nitrogens with zero attached hydrogens (tertiary/aromatic N) is 3. The van der Waals surface area contributed by atoms with E-state index in [0.717, 1.165) is 29.7 Å². The second-order valence-electron chi connectivity index (χ2n) is 6.68. The van der Waals surface area contributed by atoms with Crippen LogP contribution in [0, 0.1) is 23.7 Å². The summed E-state index contributed by atoms with van der Waals surface area (Å²) in [6, 6.07) is 0.440. The lowest BCUT2D eigenvalue weighted by atomic mass is 9.54. The van der Waals surface area contributed by atoms with Crippen LogP contribution in [-0.4, -0.2) is 26.1 Å². The summed E-state index contributed by atoms with van der Waals surface area (Å²) in [7, 11) is 0. The van der Waals surface area contributed by atoms with Crippen LogP contribution in [0.1, 0.15) is 43.8 Å². The predicted molar refractivity (Wildman–Crippen MR) is 72.8 cm³/mol. The van der Waals surface area contributed by atoms with Crippen molar-refractivity contribution in [2.75, 3.05) is 0 Å². The number of carboxylic acid groups (broad SMARTS) is 1. The third-order valence-corrected chi connectivity index (χ3v) is 5.37. The van der Waals surface area contributed by atoms with E-state index in [2.05, 4.69) is 10.2 Å². The lowest BCUT2D eigenvalue weighted by molar-refractivity contribution is -0.131. The van der Waals surface area contributed by atoms with E-state index in [9.17, 15) is 4.79 Å². The largest absolute Gasteiger partial charge is 0.478 e. The Balaban J connectivity index is 1.57. The molecule has 0 atom stereocenters. The van der Waals surface area contributed by atoms with Gasteiger partial charge in [0, 0.05) is 6.08 Å². The Labute approximate surface area is 117 Å². The van der Waals surface area contributed by atoms with Gasteiger partial charge in [-0.2, -0.15) is 15.0 Å². The fourth-order valence-corrected chi connectivity index (χ4v) is 4.94. The van der Waals surface area contributed by atoms with E-state index in [1.54, 1.807) is 6.20 Å². The zero-order valence-electron chi connectivity index (χ0n) is 11.4. The van der Waals surface area contributed by atoms with Crippen molar-refractivity contribution in [3.05, 3.63) is 18.0 Å². The molecular weight excluding hydrogens is 254 g/mol. The minimum atomic E-state index is -0.950. The Hall–Kier alpha value is -1.65. The smallest absolute Gasteiger partial charge is 0.328 e. The second kappa shape index (κ2) is 4.43. The fraction of sp³-hybridized carbons (Fsp3) is 0.667. The van der Waals surface area contributed by atoms with Crippen molar-refractivity contribution in [3.8, 4) is 0 Å². The van der Waals surface area contributed by atoms with Crippen LogP contribution in [0.4, 0.5) is 0 Å². The molecule has 4 saturated carbocycles. The first-order valence-corrected chi connectivity index (χ1v) is 7.52. The molecule has 0 amide bonds. The van der Waals surface area contributed by atoms with Crippen molar-refractivity contribution in [2.24, 2.45) is 23.7 Å². The zero-order chi connectivity index (χ0) is 13.7. The van der Waals surface area contributed by atoms with E-state index >= 15 is 0 Å². The van der Waals surface area contributed by atoms with E-state index in [1.807, 2.05) is 4.80 Å². The SMILES string of the molecule is O=C(O)/C=C/c1cnn(C2C3CC4CC(C3)CC2C4)n1. The normalized spacial score (nSPS) is 38.7. The van der Waals surface area contributed by atoms with Gasteiger partial charge in [-0.25, -0.2) is 4.79 Å². The van der Waals surface area contributed by atoms with Gasteiger partial charge in [0.15, 0.2) is 0 Å². The van der Waals surface area contributed by atoms with Crippen LogP contribution in [-0.2, 0) is 4.79 Å². The van der Waals surface area contributed by atoms with E-state index in [-0.39, 0.29) is 0 Å². The van der Waals surface area contributed by atoms with Crippen molar-refractivity contribution in [3.63, 3.8) is 0 Å². The highest BCUT2D eigenvalue weighted by molar-refractivity contribution is 5.84. The van der Waals surface area contributed by atoms with E-state index in [4.69, 9.17) is 5.11 Å². The van der Waals surface area contributed by atoms with Gasteiger partial charge < -0.3 is 5.11 Å². The minimum absolute atomic E-state index is 0.440. The van der Waals surface area contributed by atoms with Gasteiger partial charge in [-0.05, 0) is 61.9 Å². The van der Waals surface area contributed by atoms with Crippen molar-refractivity contribution < 1.29 is 9.90 Å². The number of aromatic nitrogens is 3. The van der Waals surface area contributed by atoms with Crippen LogP contribution in [0.3, 0.4) is 0 Å². The highest BCUT2D eigenvalue weighted by atomic mass is 16.4. The molecule has 0 unspecified atom stereocenters. The molecule has 20 heavy (non-hydrogen) atoms. The van der Waals surface area contributed by atoms with Crippen molar-refractivity contribution in [1.29, 1.82) is 0 Å². The molecule has 1 aromatic heterocycles. The van der Waals surface area contributed by atoms with Crippen molar-refractivity contribution in [2.45, 2.75) is 38.1 Å². The summed E-state index contributed by atoms with van der Waals surface area (Å²) in [5.74, 6) is 2.39. The highest BCUT2D eigenvalue weighted by Gasteiger charge is 2.49. The number of hydrogen-bond donors (Lipinski definition) is 1. The van der Waals surface area contributed by atoms with Crippen LogP contribution >= 0.6 is 0 Å². The molecule has 0 aromatic carbocycles. The van der Waals surface area contributed by atoms with Gasteiger partial charge in [-0.15, -0.1) is 0 Å². The monoisotopic (exact) mass is 273 g/mol. The molecular formula is C15H19N3O2. The maximum atomic E-state index is 10.5. The maximum Gasteiger partial charge on any atom is 0.328 e. The van der Waals surface area contributed by atoms with Crippen molar-refractivity contribution >= 4 is 12.0 Å². The predicted octanol–water partition coefficient (Wildman–Crippen LogP) is 2.37. The molecule has 4 aliphatic carbocycles. The summed E-state index contributed by atoms with van der Waals surface area (Å²) in [5, 5.41) is 17.5. The standard InChI is InChI=1S/C15H19N3O2/c19-14(20)2-1-13-8-16-18(17-13)15-11-4-9-3-10(6-11)7-12(15)5-9/h1-2,8-12,15H,3-7H2,(H,19,20)/b2-1+. The summed E-state index contributed by atoms with van der Waals surface area (Å²) in [4.78, 5) is 12.4. The van der Waals surface area contributed by atoms with Crippen LogP contribution in [0.25, 0.3) is 6.08 Å². The van der Waals surface area contributed by atoms with Gasteiger partial charge in [0.1, 0.15) is 5.69 Å². The number of carboxylic acids is 1. The molecule has 5 nitrogen and oxygen atoms in total. The number of aliphatic carboxylic acids is 1. The van der Waals surface area contributed by atoms with Crippen LogP contribution in [0.15, 0.2) is 12.3 Å². The molecule has 106 valence electrons. The second-order valence-corrected chi connectivity index (χ2v) is 6.68. The Kier molecular flexibility index (Phi) is 2.69. The van der Waals surface area contributed by atoms with Gasteiger partial charge in [0.25, 0.3) is 0 Å². The van der Waals surface area contributed by atoms with Gasteiger partial charge in [0.2, 0.25) is 0 Å². The highest BCUT2D eigenvalue weighted by Crippen LogP contribution is 2.57. The van der Waals surface area contributed by atoms with Gasteiger partial charge in [-0.3, -0.25) is 0 Å². The molecule has 4 fully saturated rings. The quantitative estimate of drug-likeness (QED) is 0.858. The van der Waals surface area contributed by atoms with E-state index < -0.39 is 5.97 Å². The number of rotatable bonds is 3. The molecule has 1 N–H and O–H groups in total. The van der Waals surface area contributed by atoms with Crippen molar-refractivity contribution in [1.82, 2.24) is 15.0 Å². The molecule has 1 heterocycles. The molecule has 4 bridgehead atoms. The molecule has 5 rings (SSSR count). The lowest BCUT2D eigenvalue weighted by Crippen LogP contribution is -2.46. The first-order valence-electron chi connectivity index (χ1n) is 7.52. The maximum absolute atomic E-state index is 10.5. The van der Waals surface area contributed by atoms with E-state index in [0.29, 0.717) is 11.7 Å². The number of carbonyl (C=O) groups is 1. The summed E-state index contributed by atoms with van der Waals surface area (Å²) in [6.07, 6.45) is 11.1. The molecule has 1 aromatic rings. The Bertz CT molecular complexity index is 535. The van der Waals surface area contributed by atoms with Gasteiger partial charge in [-0.1, -0.05) is 0 Å². The van der Waals surface area contributed by atoms with Crippen LogP contribution in [0.5, 0.6) is 0 Å². The first kappa shape index (κ1) is 12.1. The molecule has 4 aliphatic rings. The molecule has 5 heteroatoms. The third kappa shape index (κ3) is 1.96. The third-order valence-electron chi connectivity index (χ3n) is 5.37. The molecule has 0 spiro atoms. The molecule has 0 radical (unpaired) electrons. The average Bonchev–Trinajstić information content (AvgIpc) is 2.83. The van der Waals surface area contributed by atoms with Gasteiger partial charge >= 0.3 is 5.97 Å². The average molecular weight is 273 g/mol. The number of hydrogen-bond acceptors (Lipinski definition) is 3. The zero-order valence-corrected chi connectivity index (χ0v) is 11.4. The molecule has 0 saturated heterocycles. The summed E-state index contributed by atoms with van der Waals surface area (Å²) in [6.45, 7) is 0. The minimum Gasteiger partial charge on any atom is -0.478 e. The first-order chi connectivity index (χ1) is 9.69. The van der Waals surface area contributed by atoms with Crippen LogP contribution < -0.4 is 0 Å². The summed E-state index contributed by atoms with van der Waals surface area (Å²) < 4.78 is 0.